The van der Waals surface area contributed by atoms with Gasteiger partial charge in [-0.05, 0) is 49.8 Å². The molecular formula is C21H22ClN3O. The van der Waals surface area contributed by atoms with E-state index >= 15 is 0 Å². The minimum atomic E-state index is 0.0966. The molecule has 0 aliphatic carbocycles. The van der Waals surface area contributed by atoms with Crippen molar-refractivity contribution in [1.29, 1.82) is 0 Å². The van der Waals surface area contributed by atoms with Crippen molar-refractivity contribution in [3.8, 4) is 0 Å². The quantitative estimate of drug-likeness (QED) is 0.631. The van der Waals surface area contributed by atoms with Crippen molar-refractivity contribution >= 4 is 40.7 Å². The number of fused-ring (bicyclic) bond motifs is 1. The highest BCUT2D eigenvalue weighted by Gasteiger charge is 2.15. The molecule has 0 bridgehead atoms. The first kappa shape index (κ1) is 18.2. The highest BCUT2D eigenvalue weighted by molar-refractivity contribution is 6.30. The van der Waals surface area contributed by atoms with E-state index in [1.165, 1.54) is 0 Å². The lowest BCUT2D eigenvalue weighted by Gasteiger charge is -2.19. The number of imidazole rings is 1. The lowest BCUT2D eigenvalue weighted by molar-refractivity contribution is -0.131. The van der Waals surface area contributed by atoms with E-state index < -0.39 is 0 Å². The lowest BCUT2D eigenvalue weighted by atomic mass is 10.2. The molecule has 0 saturated heterocycles. The Kier molecular flexibility index (Phi) is 5.74. The zero-order valence-electron chi connectivity index (χ0n) is 15.0. The zero-order chi connectivity index (χ0) is 18.5. The third kappa shape index (κ3) is 3.97. The van der Waals surface area contributed by atoms with Crippen LogP contribution in [0.15, 0.2) is 48.5 Å². The average molecular weight is 368 g/mol. The summed E-state index contributed by atoms with van der Waals surface area (Å²) in [5.41, 5.74) is 2.88. The van der Waals surface area contributed by atoms with E-state index in [1.54, 1.807) is 0 Å². The summed E-state index contributed by atoms with van der Waals surface area (Å²) in [7, 11) is 0. The van der Waals surface area contributed by atoms with Crippen LogP contribution in [0.1, 0.15) is 25.2 Å². The van der Waals surface area contributed by atoms with Gasteiger partial charge in [-0.1, -0.05) is 41.9 Å². The van der Waals surface area contributed by atoms with Crippen molar-refractivity contribution in [1.82, 2.24) is 14.5 Å². The Hall–Kier alpha value is -2.59. The average Bonchev–Trinajstić information content (AvgIpc) is 3.00. The van der Waals surface area contributed by atoms with Crippen LogP contribution in [-0.2, 0) is 11.3 Å². The summed E-state index contributed by atoms with van der Waals surface area (Å²) in [6.07, 6.45) is 3.93. The number of benzene rings is 2. The van der Waals surface area contributed by atoms with E-state index in [2.05, 4.69) is 4.98 Å². The molecule has 26 heavy (non-hydrogen) atoms. The van der Waals surface area contributed by atoms with Gasteiger partial charge in [0.05, 0.1) is 11.0 Å². The third-order valence-electron chi connectivity index (χ3n) is 4.39. The van der Waals surface area contributed by atoms with E-state index in [0.717, 1.165) is 22.4 Å². The van der Waals surface area contributed by atoms with E-state index in [0.29, 0.717) is 18.1 Å². The molecule has 0 radical (unpaired) electrons. The number of nitrogens with zero attached hydrogens (tertiary/aromatic N) is 3. The molecule has 0 unspecified atom stereocenters. The highest BCUT2D eigenvalue weighted by atomic mass is 35.5. The van der Waals surface area contributed by atoms with Crippen molar-refractivity contribution in [2.45, 2.75) is 20.4 Å². The number of amides is 1. The first-order chi connectivity index (χ1) is 12.6. The monoisotopic (exact) mass is 367 g/mol. The summed E-state index contributed by atoms with van der Waals surface area (Å²) >= 11 is 5.94. The van der Waals surface area contributed by atoms with Gasteiger partial charge >= 0.3 is 0 Å². The van der Waals surface area contributed by atoms with E-state index in [1.807, 2.05) is 84.0 Å². The Bertz CT molecular complexity index is 924. The van der Waals surface area contributed by atoms with Crippen LogP contribution >= 0.6 is 11.6 Å². The Morgan fingerprint density at radius 3 is 2.46 bits per heavy atom. The fourth-order valence-corrected chi connectivity index (χ4v) is 3.07. The minimum Gasteiger partial charge on any atom is -0.342 e. The predicted octanol–water partition coefficient (Wildman–Crippen LogP) is 4.73. The number of rotatable bonds is 6. The first-order valence-corrected chi connectivity index (χ1v) is 9.16. The number of halogens is 1. The second-order valence-electron chi connectivity index (χ2n) is 6.00. The van der Waals surface area contributed by atoms with Crippen LogP contribution in [0, 0.1) is 0 Å². The van der Waals surface area contributed by atoms with Gasteiger partial charge in [0.1, 0.15) is 12.4 Å². The van der Waals surface area contributed by atoms with Gasteiger partial charge in [-0.15, -0.1) is 0 Å². The smallest absolute Gasteiger partial charge is 0.242 e. The molecule has 4 nitrogen and oxygen atoms in total. The molecule has 0 spiro atoms. The molecule has 3 aromatic rings. The minimum absolute atomic E-state index is 0.0966. The molecule has 134 valence electrons. The van der Waals surface area contributed by atoms with Gasteiger partial charge in [-0.2, -0.15) is 0 Å². The molecule has 1 amide bonds. The molecule has 0 atom stereocenters. The summed E-state index contributed by atoms with van der Waals surface area (Å²) in [4.78, 5) is 19.1. The van der Waals surface area contributed by atoms with Gasteiger partial charge in [0.15, 0.2) is 0 Å². The maximum absolute atomic E-state index is 12.6. The molecule has 5 heteroatoms. The summed E-state index contributed by atoms with van der Waals surface area (Å²) in [6.45, 7) is 5.68. The number of hydrogen-bond donors (Lipinski definition) is 0. The van der Waals surface area contributed by atoms with Crippen LogP contribution in [0.3, 0.4) is 0 Å². The fourth-order valence-electron chi connectivity index (χ4n) is 2.94. The fraction of sp³-hybridized carbons (Fsp3) is 0.238. The molecular weight excluding hydrogens is 346 g/mol. The van der Waals surface area contributed by atoms with Gasteiger partial charge in [-0.3, -0.25) is 4.79 Å². The van der Waals surface area contributed by atoms with Crippen LogP contribution in [0.4, 0.5) is 0 Å². The molecule has 0 fully saturated rings. The van der Waals surface area contributed by atoms with Gasteiger partial charge in [0.25, 0.3) is 0 Å². The number of para-hydroxylation sites is 2. The largest absolute Gasteiger partial charge is 0.342 e. The van der Waals surface area contributed by atoms with Crippen LogP contribution in [0.25, 0.3) is 23.2 Å². The second kappa shape index (κ2) is 8.19. The van der Waals surface area contributed by atoms with Crippen LogP contribution in [0.2, 0.25) is 5.02 Å². The number of carbonyl (C=O) groups excluding carboxylic acids is 1. The van der Waals surface area contributed by atoms with Crippen LogP contribution < -0.4 is 0 Å². The van der Waals surface area contributed by atoms with Crippen molar-refractivity contribution in [3.63, 3.8) is 0 Å². The first-order valence-electron chi connectivity index (χ1n) is 8.79. The summed E-state index contributed by atoms with van der Waals surface area (Å²) < 4.78 is 1.97. The predicted molar refractivity (Wildman–Crippen MR) is 108 cm³/mol. The topological polar surface area (TPSA) is 38.1 Å². The van der Waals surface area contributed by atoms with E-state index in [-0.39, 0.29) is 12.5 Å². The number of likely N-dealkylation sites (N-methyl/N-ethyl adjacent to an activating group) is 1. The SMILES string of the molecule is CCN(CC)C(=O)Cn1c(/C=C/c2ccc(Cl)cc2)nc2ccccc21. The second-order valence-corrected chi connectivity index (χ2v) is 6.43. The highest BCUT2D eigenvalue weighted by Crippen LogP contribution is 2.19. The van der Waals surface area contributed by atoms with Crippen molar-refractivity contribution in [2.24, 2.45) is 0 Å². The summed E-state index contributed by atoms with van der Waals surface area (Å²) in [5, 5.41) is 0.708. The van der Waals surface area contributed by atoms with Crippen LogP contribution in [0.5, 0.6) is 0 Å². The molecule has 2 aromatic carbocycles. The number of hydrogen-bond acceptors (Lipinski definition) is 2. The van der Waals surface area contributed by atoms with Crippen molar-refractivity contribution in [2.75, 3.05) is 13.1 Å². The maximum atomic E-state index is 12.6. The van der Waals surface area contributed by atoms with E-state index in [4.69, 9.17) is 11.6 Å². The molecule has 0 N–H and O–H groups in total. The standard InChI is InChI=1S/C21H22ClN3O/c1-3-24(4-2)21(26)15-25-19-8-6-5-7-18(19)23-20(25)14-11-16-9-12-17(22)13-10-16/h5-14H,3-4,15H2,1-2H3/b14-11+. The molecule has 1 aromatic heterocycles. The Labute approximate surface area is 158 Å². The van der Waals surface area contributed by atoms with Crippen LogP contribution in [-0.4, -0.2) is 33.4 Å². The third-order valence-corrected chi connectivity index (χ3v) is 4.64. The summed E-state index contributed by atoms with van der Waals surface area (Å²) in [5.74, 6) is 0.862. The molecule has 3 rings (SSSR count). The van der Waals surface area contributed by atoms with Gasteiger partial charge in [0, 0.05) is 18.1 Å². The Balaban J connectivity index is 1.96. The van der Waals surface area contributed by atoms with E-state index in [9.17, 15) is 4.79 Å². The zero-order valence-corrected chi connectivity index (χ0v) is 15.8. The summed E-state index contributed by atoms with van der Waals surface area (Å²) in [6, 6.07) is 15.5. The van der Waals surface area contributed by atoms with Gasteiger partial charge in [-0.25, -0.2) is 4.98 Å². The van der Waals surface area contributed by atoms with Crippen molar-refractivity contribution < 1.29 is 4.79 Å². The number of aromatic nitrogens is 2. The lowest BCUT2D eigenvalue weighted by Crippen LogP contribution is -2.33. The number of carbonyl (C=O) groups is 1. The normalized spacial score (nSPS) is 11.3. The maximum Gasteiger partial charge on any atom is 0.242 e. The Morgan fingerprint density at radius 2 is 1.77 bits per heavy atom. The Morgan fingerprint density at radius 1 is 1.08 bits per heavy atom. The molecule has 1 heterocycles. The van der Waals surface area contributed by atoms with Crippen molar-refractivity contribution in [3.05, 3.63) is 64.9 Å². The molecule has 0 saturated carbocycles. The van der Waals surface area contributed by atoms with Gasteiger partial charge in [0.2, 0.25) is 5.91 Å². The van der Waals surface area contributed by atoms with Gasteiger partial charge < -0.3 is 9.47 Å². The molecule has 0 aliphatic heterocycles. The molecule has 0 aliphatic rings.